The van der Waals surface area contributed by atoms with Crippen molar-refractivity contribution in [3.8, 4) is 0 Å². The molecule has 6 heteroatoms. The first-order valence-corrected chi connectivity index (χ1v) is 9.12. The van der Waals surface area contributed by atoms with Crippen LogP contribution in [-0.4, -0.2) is 21.6 Å². The molecule has 1 aliphatic rings. The fourth-order valence-corrected chi connectivity index (χ4v) is 2.66. The van der Waals surface area contributed by atoms with Crippen LogP contribution in [-0.2, 0) is 21.1 Å². The summed E-state index contributed by atoms with van der Waals surface area (Å²) in [5.74, 6) is 2.49. The molecule has 0 fully saturated rings. The van der Waals surface area contributed by atoms with Gasteiger partial charge in [0.25, 0.3) is 0 Å². The van der Waals surface area contributed by atoms with Crippen LogP contribution in [0, 0.1) is 6.07 Å². The van der Waals surface area contributed by atoms with Crippen LogP contribution < -0.4 is 0 Å². The molecule has 0 radical (unpaired) electrons. The second kappa shape index (κ2) is 10.9. The molecule has 0 unspecified atom stereocenters. The van der Waals surface area contributed by atoms with Gasteiger partial charge >= 0.3 is 21.1 Å². The predicted molar refractivity (Wildman–Crippen MR) is 116 cm³/mol. The molecule has 5 rings (SSSR count). The minimum atomic E-state index is 0. The number of benzene rings is 2. The fourth-order valence-electron chi connectivity index (χ4n) is 2.66. The molecule has 148 valence electrons. The zero-order valence-corrected chi connectivity index (χ0v) is 18.1. The molecule has 2 aromatic heterocycles. The molecular formula is C24H17N5Pt. The Kier molecular flexibility index (Phi) is 7.76. The Morgan fingerprint density at radius 2 is 1.10 bits per heavy atom. The second-order valence-electron chi connectivity index (χ2n) is 5.98. The van der Waals surface area contributed by atoms with Crippen LogP contribution in [0.3, 0.4) is 0 Å². The van der Waals surface area contributed by atoms with Crippen LogP contribution in [0.4, 0.5) is 11.6 Å². The summed E-state index contributed by atoms with van der Waals surface area (Å²) in [4.78, 5) is 17.5. The number of pyridine rings is 2. The molecule has 0 atom stereocenters. The van der Waals surface area contributed by atoms with Gasteiger partial charge in [0.15, 0.2) is 0 Å². The number of aromatic nitrogens is 2. The van der Waals surface area contributed by atoms with Crippen LogP contribution in [0.1, 0.15) is 11.1 Å². The first-order chi connectivity index (χ1) is 14.4. The molecule has 3 heterocycles. The number of hydrogen-bond donors (Lipinski definition) is 0. The van der Waals surface area contributed by atoms with Crippen LogP contribution >= 0.6 is 0 Å². The Bertz CT molecular complexity index is 1010. The summed E-state index contributed by atoms with van der Waals surface area (Å²) in [6.45, 7) is 0. The molecule has 0 saturated carbocycles. The van der Waals surface area contributed by atoms with Crippen molar-refractivity contribution in [1.29, 1.82) is 0 Å². The molecule has 0 amide bonds. The molecule has 0 bridgehead atoms. The van der Waals surface area contributed by atoms with Gasteiger partial charge in [0.05, 0.1) is 11.6 Å². The number of rotatable bonds is 2. The fraction of sp³-hybridized carbons (Fsp3) is 0. The molecular weight excluding hydrogens is 553 g/mol. The Labute approximate surface area is 190 Å². The van der Waals surface area contributed by atoms with Gasteiger partial charge in [-0.3, -0.25) is 9.97 Å². The van der Waals surface area contributed by atoms with Crippen molar-refractivity contribution in [2.75, 3.05) is 0 Å². The van der Waals surface area contributed by atoms with Crippen molar-refractivity contribution >= 4 is 23.3 Å². The van der Waals surface area contributed by atoms with E-state index in [4.69, 9.17) is 0 Å². The van der Waals surface area contributed by atoms with Crippen LogP contribution in [0.15, 0.2) is 113 Å². The topological polar surface area (TPSA) is 64.6 Å². The Morgan fingerprint density at radius 3 is 1.47 bits per heavy atom. The third-order valence-corrected chi connectivity index (χ3v) is 3.97. The van der Waals surface area contributed by atoms with Gasteiger partial charge in [-0.25, -0.2) is 0 Å². The first kappa shape index (κ1) is 21.3. The summed E-state index contributed by atoms with van der Waals surface area (Å²) in [5, 5.41) is 4.57. The summed E-state index contributed by atoms with van der Waals surface area (Å²) in [6, 6.07) is 31.6. The SMILES string of the molecule is [Pt+2].[c-]1ccccc1.c1ccc(N=C2[N-]C(=Nc3ccccn3)c3ccccc32)nc1. The molecule has 1 aliphatic heterocycles. The van der Waals surface area contributed by atoms with E-state index in [1.807, 2.05) is 91.0 Å². The predicted octanol–water partition coefficient (Wildman–Crippen LogP) is 5.50. The quantitative estimate of drug-likeness (QED) is 0.299. The standard InChI is InChI=1S/C18H12N5.C6H5.Pt/c1-2-8-14-13(7-1)17(21-15-9-3-5-11-19-15)23-18(14)22-16-10-4-6-12-20-16;1-2-4-6-5-3-1;/h1-12H;1-5H;/q2*-1;+2. The maximum atomic E-state index is 4.57. The number of fused-ring (bicyclic) bond motifs is 1. The monoisotopic (exact) mass is 570 g/mol. The number of nitrogens with zero attached hydrogens (tertiary/aromatic N) is 5. The van der Waals surface area contributed by atoms with Gasteiger partial charge in [-0.1, -0.05) is 36.4 Å². The number of aliphatic imine (C=N–C) groups is 2. The van der Waals surface area contributed by atoms with Crippen molar-refractivity contribution < 1.29 is 21.1 Å². The van der Waals surface area contributed by atoms with E-state index < -0.39 is 0 Å². The Morgan fingerprint density at radius 1 is 0.600 bits per heavy atom. The maximum Gasteiger partial charge on any atom is 2.00 e. The van der Waals surface area contributed by atoms with Gasteiger partial charge in [0.1, 0.15) is 0 Å². The largest absolute Gasteiger partial charge is 2.00 e. The van der Waals surface area contributed by atoms with E-state index in [0.29, 0.717) is 23.3 Å². The zero-order chi connectivity index (χ0) is 19.7. The summed E-state index contributed by atoms with van der Waals surface area (Å²) in [5.41, 5.74) is 1.90. The molecule has 0 aliphatic carbocycles. The van der Waals surface area contributed by atoms with Crippen LogP contribution in [0.25, 0.3) is 5.32 Å². The summed E-state index contributed by atoms with van der Waals surface area (Å²) in [7, 11) is 0. The third kappa shape index (κ3) is 5.55. The van der Waals surface area contributed by atoms with E-state index in [0.717, 1.165) is 11.1 Å². The minimum Gasteiger partial charge on any atom is -0.357 e. The Balaban J connectivity index is 0.000000317. The van der Waals surface area contributed by atoms with E-state index in [9.17, 15) is 0 Å². The van der Waals surface area contributed by atoms with Crippen LogP contribution in [0.2, 0.25) is 0 Å². The molecule has 0 saturated heterocycles. The van der Waals surface area contributed by atoms with E-state index >= 15 is 0 Å². The molecule has 2 aromatic carbocycles. The number of hydrogen-bond acceptors (Lipinski definition) is 4. The van der Waals surface area contributed by atoms with Gasteiger partial charge in [-0.15, -0.1) is 0 Å². The molecule has 4 aromatic rings. The van der Waals surface area contributed by atoms with Gasteiger partial charge in [-0.2, -0.15) is 36.4 Å². The van der Waals surface area contributed by atoms with E-state index in [1.165, 1.54) is 0 Å². The summed E-state index contributed by atoms with van der Waals surface area (Å²) >= 11 is 0. The second-order valence-corrected chi connectivity index (χ2v) is 5.98. The first-order valence-electron chi connectivity index (χ1n) is 9.12. The third-order valence-electron chi connectivity index (χ3n) is 3.97. The maximum absolute atomic E-state index is 4.57. The van der Waals surface area contributed by atoms with Gasteiger partial charge in [0.2, 0.25) is 0 Å². The average Bonchev–Trinajstić information content (AvgIpc) is 3.14. The van der Waals surface area contributed by atoms with Gasteiger partial charge in [-0.05, 0) is 35.4 Å². The average molecular weight is 571 g/mol. The van der Waals surface area contributed by atoms with Crippen molar-refractivity contribution in [2.24, 2.45) is 9.98 Å². The number of amidine groups is 2. The minimum absolute atomic E-state index is 0. The van der Waals surface area contributed by atoms with E-state index in [1.54, 1.807) is 12.4 Å². The van der Waals surface area contributed by atoms with Gasteiger partial charge < -0.3 is 15.3 Å². The van der Waals surface area contributed by atoms with Crippen molar-refractivity contribution in [3.63, 3.8) is 0 Å². The van der Waals surface area contributed by atoms with Crippen molar-refractivity contribution in [2.45, 2.75) is 0 Å². The van der Waals surface area contributed by atoms with Crippen LogP contribution in [0.5, 0.6) is 0 Å². The summed E-state index contributed by atoms with van der Waals surface area (Å²) < 4.78 is 0. The smallest absolute Gasteiger partial charge is 0.357 e. The summed E-state index contributed by atoms with van der Waals surface area (Å²) in [6.07, 6.45) is 3.42. The van der Waals surface area contributed by atoms with Crippen molar-refractivity contribution in [1.82, 2.24) is 9.97 Å². The zero-order valence-electron chi connectivity index (χ0n) is 15.9. The van der Waals surface area contributed by atoms with Crippen molar-refractivity contribution in [3.05, 3.63) is 126 Å². The molecule has 0 spiro atoms. The van der Waals surface area contributed by atoms with Gasteiger partial charge in [0, 0.05) is 24.1 Å². The molecule has 30 heavy (non-hydrogen) atoms. The van der Waals surface area contributed by atoms with E-state index in [2.05, 4.69) is 31.3 Å². The molecule has 0 N–H and O–H groups in total. The molecule has 5 nitrogen and oxygen atoms in total. The normalized spacial score (nSPS) is 14.1. The Hall–Kier alpha value is -3.43. The van der Waals surface area contributed by atoms with E-state index in [-0.39, 0.29) is 21.1 Å².